The van der Waals surface area contributed by atoms with Crippen molar-refractivity contribution in [2.75, 3.05) is 25.6 Å². The van der Waals surface area contributed by atoms with Gasteiger partial charge in [0.05, 0.1) is 25.6 Å². The van der Waals surface area contributed by atoms with Crippen molar-refractivity contribution < 1.29 is 19.4 Å². The van der Waals surface area contributed by atoms with E-state index in [1.54, 1.807) is 19.2 Å². The van der Waals surface area contributed by atoms with E-state index in [2.05, 4.69) is 20.6 Å². The third-order valence-corrected chi connectivity index (χ3v) is 3.42. The molecule has 0 saturated heterocycles. The smallest absolute Gasteiger partial charge is 0.252 e. The second-order valence-electron chi connectivity index (χ2n) is 4.79. The first-order valence-electron chi connectivity index (χ1n) is 7.03. The molecule has 120 valence electrons. The van der Waals surface area contributed by atoms with Gasteiger partial charge in [0.15, 0.2) is 11.6 Å². The van der Waals surface area contributed by atoms with Gasteiger partial charge < -0.3 is 25.2 Å². The van der Waals surface area contributed by atoms with Crippen LogP contribution in [-0.2, 0) is 6.54 Å². The van der Waals surface area contributed by atoms with Crippen molar-refractivity contribution >= 4 is 17.4 Å². The van der Waals surface area contributed by atoms with E-state index in [0.717, 1.165) is 5.56 Å². The second-order valence-corrected chi connectivity index (χ2v) is 4.79. The number of nitrogens with zero attached hydrogens (tertiary/aromatic N) is 2. The van der Waals surface area contributed by atoms with E-state index >= 15 is 0 Å². The van der Waals surface area contributed by atoms with Crippen molar-refractivity contribution in [3.63, 3.8) is 0 Å². The Morgan fingerprint density at radius 1 is 1.43 bits per heavy atom. The molecule has 0 aliphatic carbocycles. The van der Waals surface area contributed by atoms with Gasteiger partial charge >= 0.3 is 0 Å². The minimum absolute atomic E-state index is 0.107. The van der Waals surface area contributed by atoms with Crippen LogP contribution in [0.2, 0.25) is 0 Å². The lowest BCUT2D eigenvalue weighted by atomic mass is 10.1. The highest BCUT2D eigenvalue weighted by Gasteiger charge is 2.24. The predicted molar refractivity (Wildman–Crippen MR) is 82.1 cm³/mol. The fourth-order valence-corrected chi connectivity index (χ4v) is 2.41. The lowest BCUT2D eigenvalue weighted by Gasteiger charge is -2.15. The van der Waals surface area contributed by atoms with Crippen LogP contribution in [0.4, 0.5) is 11.5 Å². The normalized spacial score (nSPS) is 12.5. The number of hydrogen-bond donors (Lipinski definition) is 3. The summed E-state index contributed by atoms with van der Waals surface area (Å²) in [5.74, 6) is 1.33. The number of rotatable bonds is 6. The molecule has 3 N–H and O–H groups in total. The number of hydrogen-bond acceptors (Lipinski definition) is 7. The zero-order valence-corrected chi connectivity index (χ0v) is 12.5. The Morgan fingerprint density at radius 3 is 3.09 bits per heavy atom. The highest BCUT2D eigenvalue weighted by atomic mass is 16.5. The van der Waals surface area contributed by atoms with Crippen molar-refractivity contribution in [2.24, 2.45) is 0 Å². The van der Waals surface area contributed by atoms with Crippen LogP contribution in [0.3, 0.4) is 0 Å². The number of carbonyl (C=O) groups is 1. The van der Waals surface area contributed by atoms with E-state index in [9.17, 15) is 4.79 Å². The summed E-state index contributed by atoms with van der Waals surface area (Å²) in [5, 5.41) is 14.8. The molecule has 0 spiro atoms. The van der Waals surface area contributed by atoms with Gasteiger partial charge in [-0.05, 0) is 12.1 Å². The van der Waals surface area contributed by atoms with Crippen LogP contribution in [0.5, 0.6) is 11.5 Å². The summed E-state index contributed by atoms with van der Waals surface area (Å²) >= 11 is 0. The summed E-state index contributed by atoms with van der Waals surface area (Å²) in [7, 11) is 1.55. The lowest BCUT2D eigenvalue weighted by Crippen LogP contribution is -2.12. The topological polar surface area (TPSA) is 106 Å². The van der Waals surface area contributed by atoms with Crippen molar-refractivity contribution in [1.82, 2.24) is 15.3 Å². The number of fused-ring (bicyclic) bond motifs is 1. The minimum Gasteiger partial charge on any atom is -0.494 e. The Hall–Kier alpha value is -2.87. The van der Waals surface area contributed by atoms with Gasteiger partial charge in [-0.25, -0.2) is 9.97 Å². The van der Waals surface area contributed by atoms with Crippen LogP contribution in [0.25, 0.3) is 0 Å². The first-order chi connectivity index (χ1) is 11.2. The van der Waals surface area contributed by atoms with Gasteiger partial charge in [0.1, 0.15) is 18.7 Å². The number of aliphatic hydroxyl groups is 1. The number of aliphatic hydroxyl groups excluding tert-OH is 1. The number of anilines is 2. The van der Waals surface area contributed by atoms with E-state index in [1.807, 2.05) is 0 Å². The third-order valence-electron chi connectivity index (χ3n) is 3.42. The molecule has 0 atom stereocenters. The Labute approximate surface area is 132 Å². The first kappa shape index (κ1) is 15.0. The van der Waals surface area contributed by atoms with Crippen LogP contribution in [0.15, 0.2) is 24.7 Å². The molecular formula is C15H16N4O4. The molecule has 8 heteroatoms. The molecule has 0 fully saturated rings. The molecule has 8 nitrogen and oxygen atoms in total. The van der Waals surface area contributed by atoms with Gasteiger partial charge in [0.2, 0.25) is 0 Å². The van der Waals surface area contributed by atoms with Crippen LogP contribution < -0.4 is 20.1 Å². The molecule has 0 bridgehead atoms. The molecule has 0 saturated carbocycles. The molecule has 23 heavy (non-hydrogen) atoms. The molecule has 0 unspecified atom stereocenters. The molecule has 1 amide bonds. The zero-order valence-electron chi connectivity index (χ0n) is 12.5. The Bertz CT molecular complexity index is 735. The second kappa shape index (κ2) is 6.49. The summed E-state index contributed by atoms with van der Waals surface area (Å²) in [5.41, 5.74) is 2.07. The van der Waals surface area contributed by atoms with Crippen molar-refractivity contribution in [3.05, 3.63) is 35.8 Å². The van der Waals surface area contributed by atoms with Crippen LogP contribution in [-0.4, -0.2) is 41.3 Å². The van der Waals surface area contributed by atoms with Gasteiger partial charge in [-0.15, -0.1) is 0 Å². The maximum Gasteiger partial charge on any atom is 0.252 e. The average molecular weight is 316 g/mol. The number of amides is 1. The van der Waals surface area contributed by atoms with E-state index < -0.39 is 0 Å². The van der Waals surface area contributed by atoms with Gasteiger partial charge in [-0.2, -0.15) is 0 Å². The van der Waals surface area contributed by atoms with E-state index in [4.69, 9.17) is 14.6 Å². The van der Waals surface area contributed by atoms with Crippen LogP contribution >= 0.6 is 0 Å². The molecule has 3 rings (SSSR count). The van der Waals surface area contributed by atoms with Crippen LogP contribution in [0.1, 0.15) is 15.9 Å². The summed E-state index contributed by atoms with van der Waals surface area (Å²) in [6, 6.07) is 3.48. The molecule has 2 heterocycles. The maximum atomic E-state index is 11.7. The number of benzene rings is 1. The van der Waals surface area contributed by atoms with Gasteiger partial charge in [-0.3, -0.25) is 4.79 Å². The number of methoxy groups -OCH3 is 1. The largest absolute Gasteiger partial charge is 0.494 e. The predicted octanol–water partition coefficient (Wildman–Crippen LogP) is 0.843. The first-order valence-corrected chi connectivity index (χ1v) is 7.03. The summed E-state index contributed by atoms with van der Waals surface area (Å²) < 4.78 is 10.8. The van der Waals surface area contributed by atoms with Crippen LogP contribution in [0, 0.1) is 0 Å². The van der Waals surface area contributed by atoms with Gasteiger partial charge in [0, 0.05) is 17.7 Å². The highest BCUT2D eigenvalue weighted by Crippen LogP contribution is 2.36. The van der Waals surface area contributed by atoms with Gasteiger partial charge in [-0.1, -0.05) is 0 Å². The maximum absolute atomic E-state index is 11.7. The fraction of sp³-hybridized carbons (Fsp3) is 0.267. The Morgan fingerprint density at radius 2 is 2.30 bits per heavy atom. The lowest BCUT2D eigenvalue weighted by molar-refractivity contribution is 0.0966. The average Bonchev–Trinajstić information content (AvgIpc) is 2.95. The number of ether oxygens (including phenoxy) is 2. The molecule has 0 radical (unpaired) electrons. The number of carbonyl (C=O) groups excluding carboxylic acids is 1. The van der Waals surface area contributed by atoms with E-state index in [0.29, 0.717) is 35.1 Å². The summed E-state index contributed by atoms with van der Waals surface area (Å²) in [6.45, 7) is 0.455. The standard InChI is InChI=1S/C15H16N4O4/c1-22-13-10-6-17-15(21)9(10)2-3-11(13)19-14-12(23-5-4-20)7-16-8-18-14/h2-3,7-8,20H,4-6H2,1H3,(H,17,21)(H,16,18,19). The quantitative estimate of drug-likeness (QED) is 0.725. The molecule has 1 aliphatic heterocycles. The molecule has 1 aliphatic rings. The minimum atomic E-state index is -0.112. The molecular weight excluding hydrogens is 300 g/mol. The Kier molecular flexibility index (Phi) is 4.24. The van der Waals surface area contributed by atoms with Gasteiger partial charge in [0.25, 0.3) is 5.91 Å². The SMILES string of the molecule is COc1c(Nc2ncncc2OCCO)ccc2c1CNC2=O. The highest BCUT2D eigenvalue weighted by molar-refractivity contribution is 6.00. The van der Waals surface area contributed by atoms with Crippen molar-refractivity contribution in [1.29, 1.82) is 0 Å². The molecule has 1 aromatic carbocycles. The molecule has 2 aromatic rings. The van der Waals surface area contributed by atoms with Crippen molar-refractivity contribution in [3.8, 4) is 11.5 Å². The summed E-state index contributed by atoms with van der Waals surface area (Å²) in [6.07, 6.45) is 2.90. The number of nitrogens with one attached hydrogen (secondary N) is 2. The van der Waals surface area contributed by atoms with E-state index in [-0.39, 0.29) is 19.1 Å². The zero-order chi connectivity index (χ0) is 16.2. The third kappa shape index (κ3) is 2.88. The Balaban J connectivity index is 1.94. The molecule has 1 aromatic heterocycles. The summed E-state index contributed by atoms with van der Waals surface area (Å²) in [4.78, 5) is 19.8. The monoisotopic (exact) mass is 316 g/mol. The van der Waals surface area contributed by atoms with Crippen molar-refractivity contribution in [2.45, 2.75) is 6.54 Å². The fourth-order valence-electron chi connectivity index (χ4n) is 2.41. The van der Waals surface area contributed by atoms with E-state index in [1.165, 1.54) is 12.5 Å². The number of aromatic nitrogens is 2.